The van der Waals surface area contributed by atoms with Crippen LogP contribution >= 0.6 is 0 Å². The molecule has 1 atom stereocenters. The maximum absolute atomic E-state index is 10.0. The van der Waals surface area contributed by atoms with Gasteiger partial charge in [0.2, 0.25) is 0 Å². The maximum Gasteiger partial charge on any atom is 0.0869 e. The largest absolute Gasteiger partial charge is 0.388 e. The molecule has 1 unspecified atom stereocenters. The Morgan fingerprint density at radius 2 is 2.07 bits per heavy atom. The number of hydrogen-bond donors (Lipinski definition) is 2. The van der Waals surface area contributed by atoms with Crippen molar-refractivity contribution in [2.75, 3.05) is 34.3 Å². The van der Waals surface area contributed by atoms with Crippen LogP contribution in [0.3, 0.4) is 0 Å². The van der Waals surface area contributed by atoms with Crippen LogP contribution in [0.4, 0.5) is 0 Å². The highest BCUT2D eigenvalue weighted by Gasteiger charge is 2.30. The molecule has 0 amide bonds. The van der Waals surface area contributed by atoms with Crippen LogP contribution in [-0.2, 0) is 4.74 Å². The van der Waals surface area contributed by atoms with E-state index in [4.69, 9.17) is 4.74 Å². The molecule has 0 aliphatic heterocycles. The van der Waals surface area contributed by atoms with Gasteiger partial charge in [0.05, 0.1) is 11.7 Å². The first-order valence-corrected chi connectivity index (χ1v) is 5.56. The zero-order valence-corrected chi connectivity index (χ0v) is 10.3. The van der Waals surface area contributed by atoms with Gasteiger partial charge in [0.25, 0.3) is 0 Å². The molecular formula is C11H24N2O2. The Morgan fingerprint density at radius 3 is 2.53 bits per heavy atom. The molecular weight excluding hydrogens is 192 g/mol. The molecule has 0 aromatic heterocycles. The van der Waals surface area contributed by atoms with Crippen molar-refractivity contribution in [2.24, 2.45) is 0 Å². The van der Waals surface area contributed by atoms with Crippen molar-refractivity contribution < 1.29 is 9.84 Å². The summed E-state index contributed by atoms with van der Waals surface area (Å²) in [6.45, 7) is 3.19. The molecule has 0 saturated heterocycles. The Kier molecular flexibility index (Phi) is 4.52. The minimum Gasteiger partial charge on any atom is -0.388 e. The number of nitrogens with one attached hydrogen (secondary N) is 1. The van der Waals surface area contributed by atoms with Gasteiger partial charge in [0.15, 0.2) is 0 Å². The molecule has 15 heavy (non-hydrogen) atoms. The lowest BCUT2D eigenvalue weighted by Crippen LogP contribution is -2.52. The zero-order chi connectivity index (χ0) is 11.5. The first kappa shape index (κ1) is 12.9. The molecule has 0 aromatic carbocycles. The molecule has 90 valence electrons. The van der Waals surface area contributed by atoms with Gasteiger partial charge in [-0.2, -0.15) is 0 Å². The zero-order valence-electron chi connectivity index (χ0n) is 10.3. The quantitative estimate of drug-likeness (QED) is 0.659. The van der Waals surface area contributed by atoms with Crippen LogP contribution in [0.25, 0.3) is 0 Å². The minimum atomic E-state index is -0.651. The Labute approximate surface area is 92.6 Å². The lowest BCUT2D eigenvalue weighted by molar-refractivity contribution is -0.00341. The van der Waals surface area contributed by atoms with Crippen LogP contribution in [0, 0.1) is 0 Å². The van der Waals surface area contributed by atoms with Crippen LogP contribution in [-0.4, -0.2) is 62.0 Å². The van der Waals surface area contributed by atoms with Crippen LogP contribution in [0.1, 0.15) is 19.8 Å². The van der Waals surface area contributed by atoms with Crippen LogP contribution in [0.15, 0.2) is 0 Å². The van der Waals surface area contributed by atoms with E-state index in [0.29, 0.717) is 25.2 Å². The molecule has 1 aliphatic rings. The number of likely N-dealkylation sites (N-methyl/N-ethyl adjacent to an activating group) is 1. The van der Waals surface area contributed by atoms with Gasteiger partial charge in [0, 0.05) is 26.2 Å². The smallest absolute Gasteiger partial charge is 0.0869 e. The standard InChI is InChI=1S/C11H24N2O2/c1-11(14,8-13(2)3)7-12-9-5-10(6-9)15-4/h9-10,12,14H,5-8H2,1-4H3. The van der Waals surface area contributed by atoms with Crippen LogP contribution < -0.4 is 5.32 Å². The highest BCUT2D eigenvalue weighted by molar-refractivity contribution is 4.88. The second-order valence-electron chi connectivity index (χ2n) is 5.14. The predicted molar refractivity (Wildman–Crippen MR) is 61.0 cm³/mol. The third-order valence-corrected chi connectivity index (χ3v) is 2.86. The summed E-state index contributed by atoms with van der Waals surface area (Å²) in [5.74, 6) is 0. The molecule has 1 aliphatic carbocycles. The van der Waals surface area contributed by atoms with E-state index in [2.05, 4.69) is 5.32 Å². The average Bonchev–Trinajstić information content (AvgIpc) is 1.98. The van der Waals surface area contributed by atoms with Gasteiger partial charge in [-0.05, 0) is 33.9 Å². The van der Waals surface area contributed by atoms with Crippen molar-refractivity contribution >= 4 is 0 Å². The molecule has 1 rings (SSSR count). The minimum absolute atomic E-state index is 0.418. The fourth-order valence-electron chi connectivity index (χ4n) is 2.03. The molecule has 0 heterocycles. The fraction of sp³-hybridized carbons (Fsp3) is 1.00. The number of nitrogens with zero attached hydrogens (tertiary/aromatic N) is 1. The summed E-state index contributed by atoms with van der Waals surface area (Å²) in [7, 11) is 5.70. The van der Waals surface area contributed by atoms with E-state index in [1.807, 2.05) is 25.9 Å². The Morgan fingerprint density at radius 1 is 1.47 bits per heavy atom. The van der Waals surface area contributed by atoms with Crippen LogP contribution in [0.5, 0.6) is 0 Å². The van der Waals surface area contributed by atoms with E-state index >= 15 is 0 Å². The Balaban J connectivity index is 2.14. The summed E-state index contributed by atoms with van der Waals surface area (Å²) >= 11 is 0. The van der Waals surface area contributed by atoms with Crippen molar-refractivity contribution in [1.29, 1.82) is 0 Å². The van der Waals surface area contributed by atoms with Gasteiger partial charge in [-0.25, -0.2) is 0 Å². The predicted octanol–water partition coefficient (Wildman–Crippen LogP) is 0.0660. The van der Waals surface area contributed by atoms with Gasteiger partial charge in [0.1, 0.15) is 0 Å². The molecule has 0 spiro atoms. The summed E-state index contributed by atoms with van der Waals surface area (Å²) in [4.78, 5) is 2.00. The second kappa shape index (κ2) is 5.25. The van der Waals surface area contributed by atoms with E-state index in [-0.39, 0.29) is 0 Å². The maximum atomic E-state index is 10.0. The molecule has 1 fully saturated rings. The first-order valence-electron chi connectivity index (χ1n) is 5.56. The molecule has 0 radical (unpaired) electrons. The number of rotatable bonds is 6. The molecule has 2 N–H and O–H groups in total. The average molecular weight is 216 g/mol. The molecule has 4 nitrogen and oxygen atoms in total. The topological polar surface area (TPSA) is 44.7 Å². The van der Waals surface area contributed by atoms with Crippen molar-refractivity contribution in [3.05, 3.63) is 0 Å². The summed E-state index contributed by atoms with van der Waals surface area (Å²) in [5, 5.41) is 13.4. The van der Waals surface area contributed by atoms with Gasteiger partial charge in [-0.15, -0.1) is 0 Å². The number of methoxy groups -OCH3 is 1. The highest BCUT2D eigenvalue weighted by atomic mass is 16.5. The fourth-order valence-corrected chi connectivity index (χ4v) is 2.03. The van der Waals surface area contributed by atoms with Gasteiger partial charge in [-0.3, -0.25) is 0 Å². The lowest BCUT2D eigenvalue weighted by atomic mass is 9.88. The van der Waals surface area contributed by atoms with E-state index in [0.717, 1.165) is 12.8 Å². The van der Waals surface area contributed by atoms with Crippen LogP contribution in [0.2, 0.25) is 0 Å². The van der Waals surface area contributed by atoms with Gasteiger partial charge >= 0.3 is 0 Å². The van der Waals surface area contributed by atoms with E-state index in [1.54, 1.807) is 7.11 Å². The Bertz CT molecular complexity index is 189. The Hall–Kier alpha value is -0.160. The van der Waals surface area contributed by atoms with Gasteiger partial charge in [-0.1, -0.05) is 0 Å². The molecule has 4 heteroatoms. The number of aliphatic hydroxyl groups is 1. The van der Waals surface area contributed by atoms with E-state index in [1.165, 1.54) is 0 Å². The number of hydrogen-bond acceptors (Lipinski definition) is 4. The van der Waals surface area contributed by atoms with E-state index < -0.39 is 5.60 Å². The summed E-state index contributed by atoms with van der Waals surface area (Å²) in [6, 6.07) is 0.517. The SMILES string of the molecule is COC1CC(NCC(C)(O)CN(C)C)C1. The summed E-state index contributed by atoms with van der Waals surface area (Å²) in [6.07, 6.45) is 2.55. The molecule has 0 aromatic rings. The van der Waals surface area contributed by atoms with Crippen molar-refractivity contribution in [2.45, 2.75) is 37.5 Å². The third kappa shape index (κ3) is 4.47. The number of ether oxygens (including phenoxy) is 1. The van der Waals surface area contributed by atoms with Crippen molar-refractivity contribution in [3.8, 4) is 0 Å². The van der Waals surface area contributed by atoms with Crippen molar-refractivity contribution in [1.82, 2.24) is 10.2 Å². The monoisotopic (exact) mass is 216 g/mol. The second-order valence-corrected chi connectivity index (χ2v) is 5.14. The molecule has 0 bridgehead atoms. The summed E-state index contributed by atoms with van der Waals surface area (Å²) < 4.78 is 5.20. The summed E-state index contributed by atoms with van der Waals surface area (Å²) in [5.41, 5.74) is -0.651. The van der Waals surface area contributed by atoms with Gasteiger partial charge < -0.3 is 20.1 Å². The highest BCUT2D eigenvalue weighted by Crippen LogP contribution is 2.22. The molecule has 1 saturated carbocycles. The lowest BCUT2D eigenvalue weighted by Gasteiger charge is -2.37. The van der Waals surface area contributed by atoms with Crippen molar-refractivity contribution in [3.63, 3.8) is 0 Å². The third-order valence-electron chi connectivity index (χ3n) is 2.86. The van der Waals surface area contributed by atoms with E-state index in [9.17, 15) is 5.11 Å². The normalized spacial score (nSPS) is 30.0. The first-order chi connectivity index (χ1) is 6.93.